The van der Waals surface area contributed by atoms with E-state index in [1.807, 2.05) is 0 Å². The molecule has 0 unspecified atom stereocenters. The van der Waals surface area contributed by atoms with Crippen molar-refractivity contribution in [3.05, 3.63) is 82.4 Å². The van der Waals surface area contributed by atoms with Gasteiger partial charge in [0.1, 0.15) is 5.82 Å². The zero-order valence-corrected chi connectivity index (χ0v) is 15.5. The number of para-hydroxylation sites is 1. The van der Waals surface area contributed by atoms with Crippen molar-refractivity contribution < 1.29 is 27.1 Å². The van der Waals surface area contributed by atoms with Gasteiger partial charge in [0.25, 0.3) is 11.5 Å². The first-order valence-electron chi connectivity index (χ1n) is 8.65. The Bertz CT molecular complexity index is 1110. The number of amides is 1. The number of nitrogens with one attached hydrogen (secondary N) is 1. The van der Waals surface area contributed by atoms with Crippen molar-refractivity contribution in [3.8, 4) is 11.6 Å². The molecule has 0 aliphatic heterocycles. The molecule has 0 radical (unpaired) electrons. The molecule has 0 aliphatic rings. The van der Waals surface area contributed by atoms with Crippen LogP contribution in [0.25, 0.3) is 5.69 Å². The number of rotatable bonds is 5. The van der Waals surface area contributed by atoms with Gasteiger partial charge in [-0.1, -0.05) is 12.1 Å². The van der Waals surface area contributed by atoms with Crippen LogP contribution in [0.2, 0.25) is 0 Å². The molecule has 1 atom stereocenters. The normalized spacial score (nSPS) is 12.3. The number of aromatic nitrogens is 2. The van der Waals surface area contributed by atoms with Crippen LogP contribution in [-0.4, -0.2) is 21.8 Å². The molecule has 3 aromatic rings. The maximum absolute atomic E-state index is 13.1. The van der Waals surface area contributed by atoms with Gasteiger partial charge in [-0.15, -0.1) is 5.10 Å². The summed E-state index contributed by atoms with van der Waals surface area (Å²) >= 11 is 0. The van der Waals surface area contributed by atoms with Crippen LogP contribution in [0.4, 0.5) is 23.2 Å². The Hall–Kier alpha value is -3.69. The Morgan fingerprint density at radius 3 is 2.40 bits per heavy atom. The van der Waals surface area contributed by atoms with Gasteiger partial charge in [-0.2, -0.15) is 17.9 Å². The van der Waals surface area contributed by atoms with Crippen LogP contribution in [-0.2, 0) is 11.0 Å². The predicted molar refractivity (Wildman–Crippen MR) is 100.0 cm³/mol. The monoisotopic (exact) mass is 421 g/mol. The Morgan fingerprint density at radius 2 is 1.73 bits per heavy atom. The minimum absolute atomic E-state index is 0.120. The van der Waals surface area contributed by atoms with Crippen LogP contribution in [0.15, 0.2) is 65.5 Å². The Morgan fingerprint density at radius 1 is 1.07 bits per heavy atom. The molecule has 3 rings (SSSR count). The molecule has 156 valence electrons. The number of benzene rings is 2. The molecule has 30 heavy (non-hydrogen) atoms. The van der Waals surface area contributed by atoms with Crippen LogP contribution in [0, 0.1) is 5.82 Å². The van der Waals surface area contributed by atoms with E-state index in [9.17, 15) is 27.2 Å². The number of carbonyl (C=O) groups is 1. The maximum Gasteiger partial charge on any atom is 0.418 e. The molecule has 0 saturated carbocycles. The van der Waals surface area contributed by atoms with Crippen molar-refractivity contribution in [1.82, 2.24) is 9.78 Å². The van der Waals surface area contributed by atoms with E-state index in [-0.39, 0.29) is 11.6 Å². The quantitative estimate of drug-likeness (QED) is 0.637. The average Bonchev–Trinajstić information content (AvgIpc) is 2.69. The van der Waals surface area contributed by atoms with Crippen molar-refractivity contribution in [2.24, 2.45) is 0 Å². The summed E-state index contributed by atoms with van der Waals surface area (Å²) in [7, 11) is 0. The summed E-state index contributed by atoms with van der Waals surface area (Å²) < 4.78 is 58.6. The molecule has 1 heterocycles. The number of hydrogen-bond acceptors (Lipinski definition) is 4. The van der Waals surface area contributed by atoms with Gasteiger partial charge < -0.3 is 10.1 Å². The summed E-state index contributed by atoms with van der Waals surface area (Å²) in [5, 5.41) is 6.14. The van der Waals surface area contributed by atoms with Gasteiger partial charge in [0.2, 0.25) is 5.88 Å². The topological polar surface area (TPSA) is 73.2 Å². The number of ether oxygens (including phenoxy) is 1. The zero-order chi connectivity index (χ0) is 21.9. The second kappa shape index (κ2) is 8.36. The van der Waals surface area contributed by atoms with Crippen LogP contribution >= 0.6 is 0 Å². The van der Waals surface area contributed by atoms with E-state index in [2.05, 4.69) is 10.4 Å². The molecule has 10 heteroatoms. The van der Waals surface area contributed by atoms with E-state index in [4.69, 9.17) is 4.74 Å². The van der Waals surface area contributed by atoms with Crippen LogP contribution in [0.3, 0.4) is 0 Å². The molecule has 2 aromatic carbocycles. The Kier molecular flexibility index (Phi) is 5.86. The van der Waals surface area contributed by atoms with E-state index in [0.29, 0.717) is 0 Å². The smallest absolute Gasteiger partial charge is 0.418 e. The number of carbonyl (C=O) groups excluding carboxylic acids is 1. The highest BCUT2D eigenvalue weighted by molar-refractivity contribution is 5.94. The molecule has 0 spiro atoms. The van der Waals surface area contributed by atoms with E-state index >= 15 is 0 Å². The minimum atomic E-state index is -4.64. The molecule has 0 aliphatic carbocycles. The third kappa shape index (κ3) is 4.83. The number of anilines is 1. The molecule has 6 nitrogen and oxygen atoms in total. The molecule has 0 bridgehead atoms. The summed E-state index contributed by atoms with van der Waals surface area (Å²) in [5.74, 6) is -1.46. The fraction of sp³-hybridized carbons (Fsp3) is 0.150. The van der Waals surface area contributed by atoms with Crippen molar-refractivity contribution in [2.45, 2.75) is 19.2 Å². The van der Waals surface area contributed by atoms with Crippen LogP contribution in [0.5, 0.6) is 5.88 Å². The minimum Gasteiger partial charge on any atom is -0.463 e. The van der Waals surface area contributed by atoms with Gasteiger partial charge in [0.05, 0.1) is 16.9 Å². The van der Waals surface area contributed by atoms with Gasteiger partial charge in [0.15, 0.2) is 6.10 Å². The zero-order valence-electron chi connectivity index (χ0n) is 15.5. The van der Waals surface area contributed by atoms with Crippen molar-refractivity contribution in [3.63, 3.8) is 0 Å². The fourth-order valence-corrected chi connectivity index (χ4v) is 2.53. The first-order valence-corrected chi connectivity index (χ1v) is 8.65. The second-order valence-corrected chi connectivity index (χ2v) is 6.19. The molecule has 0 fully saturated rings. The van der Waals surface area contributed by atoms with Crippen LogP contribution < -0.4 is 15.6 Å². The van der Waals surface area contributed by atoms with Crippen molar-refractivity contribution >= 4 is 11.6 Å². The molecule has 1 N–H and O–H groups in total. The van der Waals surface area contributed by atoms with Crippen LogP contribution in [0.1, 0.15) is 12.5 Å². The van der Waals surface area contributed by atoms with Gasteiger partial charge in [-0.05, 0) is 43.3 Å². The van der Waals surface area contributed by atoms with Crippen molar-refractivity contribution in [1.29, 1.82) is 0 Å². The van der Waals surface area contributed by atoms with E-state index < -0.39 is 40.8 Å². The second-order valence-electron chi connectivity index (χ2n) is 6.19. The third-order valence-corrected chi connectivity index (χ3v) is 4.00. The van der Waals surface area contributed by atoms with Gasteiger partial charge >= 0.3 is 6.18 Å². The van der Waals surface area contributed by atoms with Gasteiger partial charge in [-0.3, -0.25) is 9.59 Å². The first kappa shape index (κ1) is 21.0. The summed E-state index contributed by atoms with van der Waals surface area (Å²) in [4.78, 5) is 24.3. The molecular formula is C20H15F4N3O3. The number of nitrogens with zero attached hydrogens (tertiary/aromatic N) is 2. The standard InChI is InChI=1S/C20H15F4N3O3/c1-12(19(29)25-16-5-3-2-4-15(16)20(22,23)24)30-17-10-11-18(28)27(26-17)14-8-6-13(21)7-9-14/h2-12H,1H3,(H,25,29)/t12-/m1/s1. The number of alkyl halides is 3. The highest BCUT2D eigenvalue weighted by atomic mass is 19.4. The Balaban J connectivity index is 1.77. The van der Waals surface area contributed by atoms with Crippen molar-refractivity contribution in [2.75, 3.05) is 5.32 Å². The van der Waals surface area contributed by atoms with E-state index in [1.54, 1.807) is 0 Å². The maximum atomic E-state index is 13.1. The summed E-state index contributed by atoms with van der Waals surface area (Å²) in [6.07, 6.45) is -5.86. The highest BCUT2D eigenvalue weighted by Gasteiger charge is 2.34. The van der Waals surface area contributed by atoms with Gasteiger partial charge in [-0.25, -0.2) is 4.39 Å². The number of halogens is 4. The van der Waals surface area contributed by atoms with E-state index in [0.717, 1.165) is 35.0 Å². The predicted octanol–water partition coefficient (Wildman–Crippen LogP) is 3.80. The third-order valence-electron chi connectivity index (χ3n) is 4.00. The van der Waals surface area contributed by atoms with E-state index in [1.165, 1.54) is 37.3 Å². The van der Waals surface area contributed by atoms with Gasteiger partial charge in [0, 0.05) is 12.1 Å². The SMILES string of the molecule is C[C@@H](Oc1ccc(=O)n(-c2ccc(F)cc2)n1)C(=O)Nc1ccccc1C(F)(F)F. The summed E-state index contributed by atoms with van der Waals surface area (Å²) in [6, 6.07) is 11.8. The fourth-order valence-electron chi connectivity index (χ4n) is 2.53. The summed E-state index contributed by atoms with van der Waals surface area (Å²) in [6.45, 7) is 1.32. The molecular weight excluding hydrogens is 406 g/mol. The lowest BCUT2D eigenvalue weighted by atomic mass is 10.1. The lowest BCUT2D eigenvalue weighted by Gasteiger charge is -2.17. The largest absolute Gasteiger partial charge is 0.463 e. The molecule has 0 saturated heterocycles. The lowest BCUT2D eigenvalue weighted by molar-refractivity contribution is -0.137. The first-order chi connectivity index (χ1) is 14.1. The number of hydrogen-bond donors (Lipinski definition) is 1. The molecule has 1 aromatic heterocycles. The average molecular weight is 421 g/mol. The summed E-state index contributed by atoms with van der Waals surface area (Å²) in [5.41, 5.74) is -1.66. The Labute approximate surface area is 167 Å². The lowest BCUT2D eigenvalue weighted by Crippen LogP contribution is -2.32. The highest BCUT2D eigenvalue weighted by Crippen LogP contribution is 2.34. The molecule has 1 amide bonds.